The summed E-state index contributed by atoms with van der Waals surface area (Å²) in [6.45, 7) is 2.52. The van der Waals surface area contributed by atoms with Crippen LogP contribution in [0.15, 0.2) is 42.9 Å². The van der Waals surface area contributed by atoms with Crippen molar-refractivity contribution in [3.8, 4) is 17.4 Å². The number of hydrogen-bond donors (Lipinski definition) is 1. The molecule has 1 N–H and O–H groups in total. The van der Waals surface area contributed by atoms with Gasteiger partial charge in [0.15, 0.2) is 17.3 Å². The monoisotopic (exact) mass is 401 g/mol. The van der Waals surface area contributed by atoms with Crippen LogP contribution < -0.4 is 4.74 Å². The molecule has 1 atom stereocenters. The van der Waals surface area contributed by atoms with Crippen molar-refractivity contribution in [2.24, 2.45) is 0 Å². The van der Waals surface area contributed by atoms with E-state index in [0.29, 0.717) is 36.1 Å². The number of aromatic nitrogens is 6. The first-order valence-corrected chi connectivity index (χ1v) is 9.62. The molecule has 1 aliphatic heterocycles. The van der Waals surface area contributed by atoms with Gasteiger partial charge in [-0.05, 0) is 31.2 Å². The number of aromatic amines is 1. The molecule has 5 rings (SSSR count). The number of nitrogens with zero attached hydrogens (tertiary/aromatic N) is 6. The third-order valence-corrected chi connectivity index (χ3v) is 5.41. The Bertz CT molecular complexity index is 1240. The fourth-order valence-electron chi connectivity index (χ4n) is 3.78. The Morgan fingerprint density at radius 2 is 2.03 bits per heavy atom. The predicted octanol–water partition coefficient (Wildman–Crippen LogP) is 2.58. The SMILES string of the molecule is COc1ccc2[nH]nc(C(=O)N3CCc4nc(-c5ncccn5)ncc4C3C)c2c1. The zero-order chi connectivity index (χ0) is 20.7. The second-order valence-electron chi connectivity index (χ2n) is 7.08. The molecular weight excluding hydrogens is 382 g/mol. The smallest absolute Gasteiger partial charge is 0.275 e. The summed E-state index contributed by atoms with van der Waals surface area (Å²) in [6, 6.07) is 7.09. The van der Waals surface area contributed by atoms with Gasteiger partial charge in [0, 0.05) is 42.5 Å². The van der Waals surface area contributed by atoms with Gasteiger partial charge in [-0.15, -0.1) is 0 Å². The van der Waals surface area contributed by atoms with Gasteiger partial charge in [-0.1, -0.05) is 0 Å². The van der Waals surface area contributed by atoms with Crippen LogP contribution in [0.4, 0.5) is 0 Å². The van der Waals surface area contributed by atoms with E-state index in [-0.39, 0.29) is 11.9 Å². The summed E-state index contributed by atoms with van der Waals surface area (Å²) in [5.74, 6) is 1.53. The maximum absolute atomic E-state index is 13.3. The Morgan fingerprint density at radius 3 is 2.83 bits per heavy atom. The van der Waals surface area contributed by atoms with Gasteiger partial charge >= 0.3 is 0 Å². The number of carbonyl (C=O) groups excluding carboxylic acids is 1. The minimum atomic E-state index is -0.177. The van der Waals surface area contributed by atoms with E-state index in [1.165, 1.54) is 0 Å². The standard InChI is InChI=1S/C21H19N7O2/c1-12-15-11-24-20(19-22-7-3-8-23-19)25-16(15)6-9-28(12)21(29)18-14-10-13(30-2)4-5-17(14)26-27-18/h3-5,7-8,10-12H,6,9H2,1-2H3,(H,26,27). The van der Waals surface area contributed by atoms with Gasteiger partial charge in [-0.3, -0.25) is 9.89 Å². The first-order valence-electron chi connectivity index (χ1n) is 9.62. The van der Waals surface area contributed by atoms with Crippen molar-refractivity contribution in [3.05, 3.63) is 59.8 Å². The molecule has 1 aliphatic rings. The van der Waals surface area contributed by atoms with Gasteiger partial charge in [-0.25, -0.2) is 19.9 Å². The number of fused-ring (bicyclic) bond motifs is 2. The summed E-state index contributed by atoms with van der Waals surface area (Å²) >= 11 is 0. The summed E-state index contributed by atoms with van der Waals surface area (Å²) in [7, 11) is 1.60. The second kappa shape index (κ2) is 7.18. The minimum absolute atomic E-state index is 0.136. The molecule has 0 saturated heterocycles. The van der Waals surface area contributed by atoms with Crippen molar-refractivity contribution in [2.75, 3.05) is 13.7 Å². The maximum Gasteiger partial charge on any atom is 0.275 e. The van der Waals surface area contributed by atoms with Crippen LogP contribution in [-0.2, 0) is 6.42 Å². The molecule has 0 aliphatic carbocycles. The molecule has 0 saturated carbocycles. The highest BCUT2D eigenvalue weighted by atomic mass is 16.5. The number of methoxy groups -OCH3 is 1. The van der Waals surface area contributed by atoms with Crippen LogP contribution in [0.25, 0.3) is 22.6 Å². The molecule has 3 aromatic heterocycles. The average molecular weight is 401 g/mol. The second-order valence-corrected chi connectivity index (χ2v) is 7.08. The molecule has 0 fully saturated rings. The molecule has 0 spiro atoms. The first kappa shape index (κ1) is 18.2. The lowest BCUT2D eigenvalue weighted by Gasteiger charge is -2.34. The topological polar surface area (TPSA) is 110 Å². The maximum atomic E-state index is 13.3. The molecule has 0 radical (unpaired) electrons. The number of carbonyl (C=O) groups is 1. The van der Waals surface area contributed by atoms with E-state index >= 15 is 0 Å². The number of rotatable bonds is 3. The van der Waals surface area contributed by atoms with E-state index < -0.39 is 0 Å². The van der Waals surface area contributed by atoms with E-state index in [9.17, 15) is 4.79 Å². The number of nitrogens with one attached hydrogen (secondary N) is 1. The van der Waals surface area contributed by atoms with Crippen LogP contribution in [0.2, 0.25) is 0 Å². The van der Waals surface area contributed by atoms with Gasteiger partial charge in [0.2, 0.25) is 0 Å². The molecule has 0 bridgehead atoms. The molecule has 30 heavy (non-hydrogen) atoms. The van der Waals surface area contributed by atoms with Crippen molar-refractivity contribution < 1.29 is 9.53 Å². The highest BCUT2D eigenvalue weighted by Gasteiger charge is 2.32. The van der Waals surface area contributed by atoms with E-state index in [4.69, 9.17) is 4.74 Å². The van der Waals surface area contributed by atoms with E-state index in [0.717, 1.165) is 22.2 Å². The van der Waals surface area contributed by atoms with E-state index in [2.05, 4.69) is 30.1 Å². The van der Waals surface area contributed by atoms with Crippen LogP contribution in [0.5, 0.6) is 5.75 Å². The van der Waals surface area contributed by atoms with Crippen molar-refractivity contribution >= 4 is 16.8 Å². The fourth-order valence-corrected chi connectivity index (χ4v) is 3.78. The Morgan fingerprint density at radius 1 is 1.20 bits per heavy atom. The number of hydrogen-bond acceptors (Lipinski definition) is 7. The first-order chi connectivity index (χ1) is 14.7. The molecule has 1 amide bonds. The molecular formula is C21H19N7O2. The van der Waals surface area contributed by atoms with Gasteiger partial charge in [-0.2, -0.15) is 5.10 Å². The average Bonchev–Trinajstić information content (AvgIpc) is 3.22. The third-order valence-electron chi connectivity index (χ3n) is 5.41. The van der Waals surface area contributed by atoms with Crippen LogP contribution in [0.1, 0.15) is 34.7 Å². The molecule has 1 aromatic carbocycles. The van der Waals surface area contributed by atoms with Crippen molar-refractivity contribution in [1.82, 2.24) is 35.0 Å². The van der Waals surface area contributed by atoms with Crippen LogP contribution in [0.3, 0.4) is 0 Å². The van der Waals surface area contributed by atoms with Crippen molar-refractivity contribution in [3.63, 3.8) is 0 Å². The summed E-state index contributed by atoms with van der Waals surface area (Å²) in [5.41, 5.74) is 3.01. The molecule has 150 valence electrons. The number of amides is 1. The molecule has 9 nitrogen and oxygen atoms in total. The number of benzene rings is 1. The van der Waals surface area contributed by atoms with E-state index in [1.807, 2.05) is 25.1 Å². The quantitative estimate of drug-likeness (QED) is 0.562. The van der Waals surface area contributed by atoms with Gasteiger partial charge in [0.25, 0.3) is 5.91 Å². The van der Waals surface area contributed by atoms with Gasteiger partial charge < -0.3 is 9.64 Å². The lowest BCUT2D eigenvalue weighted by atomic mass is 9.98. The predicted molar refractivity (Wildman–Crippen MR) is 109 cm³/mol. The van der Waals surface area contributed by atoms with Crippen LogP contribution >= 0.6 is 0 Å². The van der Waals surface area contributed by atoms with Crippen LogP contribution in [0, 0.1) is 0 Å². The van der Waals surface area contributed by atoms with Gasteiger partial charge in [0.05, 0.1) is 24.4 Å². The van der Waals surface area contributed by atoms with Crippen molar-refractivity contribution in [2.45, 2.75) is 19.4 Å². The highest BCUT2D eigenvalue weighted by Crippen LogP contribution is 2.31. The minimum Gasteiger partial charge on any atom is -0.497 e. The van der Waals surface area contributed by atoms with E-state index in [1.54, 1.807) is 36.7 Å². The Hall–Kier alpha value is -3.88. The summed E-state index contributed by atoms with van der Waals surface area (Å²) in [4.78, 5) is 32.6. The largest absolute Gasteiger partial charge is 0.497 e. The highest BCUT2D eigenvalue weighted by molar-refractivity contribution is 6.05. The molecule has 4 aromatic rings. The Kier molecular flexibility index (Phi) is 4.35. The summed E-state index contributed by atoms with van der Waals surface area (Å²) in [5, 5.41) is 7.94. The Labute approximate surface area is 172 Å². The number of ether oxygens (including phenoxy) is 1. The fraction of sp³-hybridized carbons (Fsp3) is 0.238. The zero-order valence-corrected chi connectivity index (χ0v) is 16.5. The number of H-pyrrole nitrogens is 1. The summed E-state index contributed by atoms with van der Waals surface area (Å²) < 4.78 is 5.29. The Balaban J connectivity index is 1.46. The molecule has 4 heterocycles. The molecule has 9 heteroatoms. The van der Waals surface area contributed by atoms with Crippen LogP contribution in [-0.4, -0.2) is 54.6 Å². The zero-order valence-electron chi connectivity index (χ0n) is 16.5. The summed E-state index contributed by atoms with van der Waals surface area (Å²) in [6.07, 6.45) is 5.72. The lowest BCUT2D eigenvalue weighted by Crippen LogP contribution is -2.39. The van der Waals surface area contributed by atoms with Gasteiger partial charge in [0.1, 0.15) is 5.75 Å². The lowest BCUT2D eigenvalue weighted by molar-refractivity contribution is 0.0671. The third kappa shape index (κ3) is 2.95. The normalized spacial score (nSPS) is 15.8. The molecule has 1 unspecified atom stereocenters. The van der Waals surface area contributed by atoms with Crippen molar-refractivity contribution in [1.29, 1.82) is 0 Å².